The molecule has 102 valence electrons. The number of carbonyl (C=O) groups is 1. The fourth-order valence-electron chi connectivity index (χ4n) is 2.25. The van der Waals surface area contributed by atoms with Crippen LogP contribution in [0.2, 0.25) is 0 Å². The number of nitrogens with zero attached hydrogens (tertiary/aromatic N) is 2. The molecule has 1 amide bonds. The first-order valence-electron chi connectivity index (χ1n) is 6.94. The number of hydrogen-bond donors (Lipinski definition) is 1. The molecule has 0 bridgehead atoms. The normalized spacial score (nSPS) is 17.3. The second-order valence-electron chi connectivity index (χ2n) is 4.89. The summed E-state index contributed by atoms with van der Waals surface area (Å²) in [5.74, 6) is -0.0333. The minimum Gasteiger partial charge on any atom is -0.294 e. The lowest BCUT2D eigenvalue weighted by Gasteiger charge is -2.17. The number of hydrazone groups is 1. The average molecular weight is 259 g/mol. The van der Waals surface area contributed by atoms with E-state index in [4.69, 9.17) is 0 Å². The lowest BCUT2D eigenvalue weighted by molar-refractivity contribution is -0.122. The van der Waals surface area contributed by atoms with Crippen LogP contribution >= 0.6 is 0 Å². The summed E-state index contributed by atoms with van der Waals surface area (Å²) in [6, 6.07) is 9.74. The highest BCUT2D eigenvalue weighted by atomic mass is 16.2. The van der Waals surface area contributed by atoms with Crippen LogP contribution in [-0.2, 0) is 4.79 Å². The molecule has 0 aromatic heterocycles. The van der Waals surface area contributed by atoms with E-state index in [-0.39, 0.29) is 5.91 Å². The van der Waals surface area contributed by atoms with E-state index in [0.717, 1.165) is 18.7 Å². The Balaban J connectivity index is 1.73. The second-order valence-corrected chi connectivity index (χ2v) is 4.89. The average Bonchev–Trinajstić information content (AvgIpc) is 2.68. The summed E-state index contributed by atoms with van der Waals surface area (Å²) in [7, 11) is 0. The monoisotopic (exact) mass is 259 g/mol. The summed E-state index contributed by atoms with van der Waals surface area (Å²) in [5.41, 5.74) is 3.57. The van der Waals surface area contributed by atoms with Gasteiger partial charge in [-0.2, -0.15) is 5.10 Å². The fraction of sp³-hybridized carbons (Fsp3) is 0.467. The van der Waals surface area contributed by atoms with Crippen molar-refractivity contribution in [2.75, 3.05) is 19.6 Å². The van der Waals surface area contributed by atoms with E-state index in [1.807, 2.05) is 30.3 Å². The third-order valence-corrected chi connectivity index (χ3v) is 3.27. The highest BCUT2D eigenvalue weighted by Crippen LogP contribution is 2.08. The van der Waals surface area contributed by atoms with Gasteiger partial charge in [0.1, 0.15) is 0 Å². The molecule has 0 radical (unpaired) electrons. The molecule has 4 heteroatoms. The maximum Gasteiger partial charge on any atom is 0.254 e. The van der Waals surface area contributed by atoms with E-state index in [2.05, 4.69) is 15.4 Å². The van der Waals surface area contributed by atoms with Gasteiger partial charge >= 0.3 is 0 Å². The molecular weight excluding hydrogens is 238 g/mol. The zero-order chi connectivity index (χ0) is 13.3. The minimum atomic E-state index is -0.0333. The molecule has 1 saturated heterocycles. The maximum absolute atomic E-state index is 11.7. The molecule has 19 heavy (non-hydrogen) atoms. The van der Waals surface area contributed by atoms with Gasteiger partial charge in [-0.25, -0.2) is 5.43 Å². The first-order valence-corrected chi connectivity index (χ1v) is 6.94. The molecule has 1 heterocycles. The van der Waals surface area contributed by atoms with Crippen LogP contribution in [0.4, 0.5) is 0 Å². The van der Waals surface area contributed by atoms with Crippen molar-refractivity contribution in [2.24, 2.45) is 5.10 Å². The van der Waals surface area contributed by atoms with Crippen molar-refractivity contribution in [1.82, 2.24) is 10.3 Å². The van der Waals surface area contributed by atoms with Crippen molar-refractivity contribution >= 4 is 12.1 Å². The molecule has 0 saturated carbocycles. The van der Waals surface area contributed by atoms with Gasteiger partial charge in [0.2, 0.25) is 0 Å². The third-order valence-electron chi connectivity index (χ3n) is 3.27. The van der Waals surface area contributed by atoms with E-state index in [1.54, 1.807) is 6.21 Å². The lowest BCUT2D eigenvalue weighted by atomic mass is 10.2. The Morgan fingerprint density at radius 3 is 2.53 bits per heavy atom. The van der Waals surface area contributed by atoms with Gasteiger partial charge in [0, 0.05) is 0 Å². The molecule has 1 aromatic carbocycles. The first kappa shape index (κ1) is 13.7. The van der Waals surface area contributed by atoms with Crippen LogP contribution in [-0.4, -0.2) is 36.7 Å². The Labute approximate surface area is 114 Å². The van der Waals surface area contributed by atoms with Crippen LogP contribution in [0, 0.1) is 0 Å². The number of nitrogens with one attached hydrogen (secondary N) is 1. The molecule has 2 rings (SSSR count). The van der Waals surface area contributed by atoms with Crippen molar-refractivity contribution in [2.45, 2.75) is 25.7 Å². The third kappa shape index (κ3) is 5.22. The van der Waals surface area contributed by atoms with Gasteiger partial charge in [-0.05, 0) is 31.5 Å². The summed E-state index contributed by atoms with van der Waals surface area (Å²) < 4.78 is 0. The number of benzene rings is 1. The van der Waals surface area contributed by atoms with Gasteiger partial charge in [-0.1, -0.05) is 43.2 Å². The van der Waals surface area contributed by atoms with Crippen LogP contribution < -0.4 is 5.43 Å². The molecule has 0 atom stereocenters. The molecule has 1 fully saturated rings. The van der Waals surface area contributed by atoms with Crippen molar-refractivity contribution in [3.63, 3.8) is 0 Å². The molecule has 0 aliphatic carbocycles. The highest BCUT2D eigenvalue weighted by Gasteiger charge is 2.12. The Morgan fingerprint density at radius 2 is 1.84 bits per heavy atom. The highest BCUT2D eigenvalue weighted by molar-refractivity contribution is 5.83. The summed E-state index contributed by atoms with van der Waals surface area (Å²) in [5, 5.41) is 3.98. The van der Waals surface area contributed by atoms with E-state index in [1.165, 1.54) is 25.7 Å². The Bertz CT molecular complexity index is 409. The Kier molecular flexibility index (Phi) is 5.56. The molecule has 1 aliphatic rings. The Morgan fingerprint density at radius 1 is 1.16 bits per heavy atom. The SMILES string of the molecule is O=C(CN1CCCCCC1)NN=Cc1ccccc1. The molecule has 1 aliphatic heterocycles. The van der Waals surface area contributed by atoms with Crippen molar-refractivity contribution in [1.29, 1.82) is 0 Å². The minimum absolute atomic E-state index is 0.0333. The van der Waals surface area contributed by atoms with E-state index in [0.29, 0.717) is 6.54 Å². The van der Waals surface area contributed by atoms with E-state index < -0.39 is 0 Å². The predicted octanol–water partition coefficient (Wildman–Crippen LogP) is 2.01. The maximum atomic E-state index is 11.7. The van der Waals surface area contributed by atoms with Crippen LogP contribution in [0.5, 0.6) is 0 Å². The van der Waals surface area contributed by atoms with Gasteiger partial charge in [0.05, 0.1) is 12.8 Å². The molecule has 4 nitrogen and oxygen atoms in total. The predicted molar refractivity (Wildman–Crippen MR) is 77.1 cm³/mol. The van der Waals surface area contributed by atoms with Crippen LogP contribution in [0.25, 0.3) is 0 Å². The summed E-state index contributed by atoms with van der Waals surface area (Å²) in [6.07, 6.45) is 6.62. The smallest absolute Gasteiger partial charge is 0.254 e. The number of likely N-dealkylation sites (tertiary alicyclic amines) is 1. The van der Waals surface area contributed by atoms with Crippen molar-refractivity contribution in [3.05, 3.63) is 35.9 Å². The first-order chi connectivity index (χ1) is 9.34. The molecule has 0 unspecified atom stereocenters. The molecule has 1 N–H and O–H groups in total. The number of amides is 1. The van der Waals surface area contributed by atoms with Gasteiger partial charge in [-0.3, -0.25) is 9.69 Å². The van der Waals surface area contributed by atoms with Gasteiger partial charge in [0.15, 0.2) is 0 Å². The lowest BCUT2D eigenvalue weighted by Crippen LogP contribution is -2.35. The van der Waals surface area contributed by atoms with Gasteiger partial charge < -0.3 is 0 Å². The largest absolute Gasteiger partial charge is 0.294 e. The van der Waals surface area contributed by atoms with Crippen LogP contribution in [0.3, 0.4) is 0 Å². The van der Waals surface area contributed by atoms with Gasteiger partial charge in [0.25, 0.3) is 5.91 Å². The topological polar surface area (TPSA) is 44.7 Å². The van der Waals surface area contributed by atoms with Gasteiger partial charge in [-0.15, -0.1) is 0 Å². The molecule has 0 spiro atoms. The van der Waals surface area contributed by atoms with E-state index in [9.17, 15) is 4.79 Å². The van der Waals surface area contributed by atoms with Crippen molar-refractivity contribution in [3.8, 4) is 0 Å². The summed E-state index contributed by atoms with van der Waals surface area (Å²) in [6.45, 7) is 2.50. The summed E-state index contributed by atoms with van der Waals surface area (Å²) in [4.78, 5) is 14.0. The van der Waals surface area contributed by atoms with Crippen LogP contribution in [0.15, 0.2) is 35.4 Å². The standard InChI is InChI=1S/C15H21N3O/c19-15(13-18-10-6-1-2-7-11-18)17-16-12-14-8-4-3-5-9-14/h3-5,8-9,12H,1-2,6-7,10-11,13H2,(H,17,19). The number of rotatable bonds is 4. The van der Waals surface area contributed by atoms with Crippen molar-refractivity contribution < 1.29 is 4.79 Å². The second kappa shape index (κ2) is 7.69. The van der Waals surface area contributed by atoms with Crippen LogP contribution in [0.1, 0.15) is 31.2 Å². The Hall–Kier alpha value is -1.68. The zero-order valence-electron chi connectivity index (χ0n) is 11.2. The molecular formula is C15H21N3O. The summed E-state index contributed by atoms with van der Waals surface area (Å²) >= 11 is 0. The quantitative estimate of drug-likeness (QED) is 0.664. The fourth-order valence-corrected chi connectivity index (χ4v) is 2.25. The zero-order valence-corrected chi connectivity index (χ0v) is 11.2. The number of hydrogen-bond acceptors (Lipinski definition) is 3. The van der Waals surface area contributed by atoms with E-state index >= 15 is 0 Å². The number of carbonyl (C=O) groups excluding carboxylic acids is 1. The molecule has 1 aromatic rings.